The van der Waals surface area contributed by atoms with Crippen LogP contribution < -0.4 is 10.6 Å². The van der Waals surface area contributed by atoms with Crippen LogP contribution in [0.4, 0.5) is 9.80 Å². The predicted octanol–water partition coefficient (Wildman–Crippen LogP) is 3.37. The molecule has 0 bridgehead atoms. The number of thiophene rings is 1. The van der Waals surface area contributed by atoms with Crippen molar-refractivity contribution in [2.24, 2.45) is 0 Å². The molecule has 2 N–H and O–H groups in total. The molecule has 0 aliphatic heterocycles. The summed E-state index contributed by atoms with van der Waals surface area (Å²) < 4.78 is 0. The van der Waals surface area contributed by atoms with Gasteiger partial charge >= 0.3 is 6.03 Å². The Morgan fingerprint density at radius 2 is 2.19 bits per heavy atom. The molecule has 16 heavy (non-hydrogen) atoms. The number of hydrogen-bond donors (Lipinski definition) is 2. The Morgan fingerprint density at radius 1 is 1.44 bits per heavy atom. The summed E-state index contributed by atoms with van der Waals surface area (Å²) in [5, 5.41) is 8.65. The second-order valence-electron chi connectivity index (χ2n) is 4.10. The highest BCUT2D eigenvalue weighted by Crippen LogP contribution is 2.22. The van der Waals surface area contributed by atoms with Crippen LogP contribution in [0.15, 0.2) is 29.7 Å². The van der Waals surface area contributed by atoms with Crippen LogP contribution in [-0.4, -0.2) is 12.1 Å². The summed E-state index contributed by atoms with van der Waals surface area (Å²) in [5.74, 6) is 0. The Balaban J connectivity index is 1.77. The third-order valence-electron chi connectivity index (χ3n) is 2.79. The highest BCUT2D eigenvalue weighted by molar-refractivity contribution is 7.14. The Labute approximate surface area is 99.6 Å². The number of urea groups is 1. The number of nitrogens with one attached hydrogen (secondary N) is 2. The first kappa shape index (κ1) is 11.2. The van der Waals surface area contributed by atoms with E-state index in [0.29, 0.717) is 6.04 Å². The van der Waals surface area contributed by atoms with Crippen molar-refractivity contribution in [1.29, 1.82) is 0 Å². The van der Waals surface area contributed by atoms with Crippen molar-refractivity contribution in [1.82, 2.24) is 5.32 Å². The smallest absolute Gasteiger partial charge is 0.320 e. The van der Waals surface area contributed by atoms with E-state index in [0.717, 1.165) is 30.7 Å². The molecule has 4 heteroatoms. The fourth-order valence-electron chi connectivity index (χ4n) is 1.85. The summed E-state index contributed by atoms with van der Waals surface area (Å²) in [6.07, 6.45) is 4.08. The van der Waals surface area contributed by atoms with Gasteiger partial charge in [0, 0.05) is 6.04 Å². The number of amides is 2. The standard InChI is InChI=1S/C12H16N2OS/c1-9-4-6-10(7-5-9)13-12(15)14-11-3-2-8-16-11/h2-3,8,10H,1,4-7H2,(H2,13,14,15). The summed E-state index contributed by atoms with van der Waals surface area (Å²) in [5.41, 5.74) is 1.30. The molecule has 2 rings (SSSR count). The zero-order chi connectivity index (χ0) is 11.4. The van der Waals surface area contributed by atoms with Crippen molar-refractivity contribution in [2.45, 2.75) is 31.7 Å². The molecule has 0 spiro atoms. The van der Waals surface area contributed by atoms with Crippen LogP contribution in [0.25, 0.3) is 0 Å². The van der Waals surface area contributed by atoms with Gasteiger partial charge in [-0.3, -0.25) is 5.32 Å². The monoisotopic (exact) mass is 236 g/mol. The first-order chi connectivity index (χ1) is 7.74. The number of anilines is 1. The SMILES string of the molecule is C=C1CCC(NC(=O)Nc2cccs2)CC1. The van der Waals surface area contributed by atoms with E-state index >= 15 is 0 Å². The average molecular weight is 236 g/mol. The molecule has 1 fully saturated rings. The molecule has 2 amide bonds. The van der Waals surface area contributed by atoms with Gasteiger partial charge < -0.3 is 5.32 Å². The quantitative estimate of drug-likeness (QED) is 0.759. The molecule has 1 saturated carbocycles. The van der Waals surface area contributed by atoms with Gasteiger partial charge in [0.05, 0.1) is 5.00 Å². The van der Waals surface area contributed by atoms with Crippen molar-refractivity contribution in [3.63, 3.8) is 0 Å². The maximum absolute atomic E-state index is 11.6. The normalized spacial score (nSPS) is 17.1. The second-order valence-corrected chi connectivity index (χ2v) is 5.05. The molecule has 1 heterocycles. The van der Waals surface area contributed by atoms with Crippen LogP contribution in [0, 0.1) is 0 Å². The van der Waals surface area contributed by atoms with E-state index in [1.807, 2.05) is 17.5 Å². The van der Waals surface area contributed by atoms with Crippen LogP contribution in [-0.2, 0) is 0 Å². The van der Waals surface area contributed by atoms with Crippen molar-refractivity contribution in [3.8, 4) is 0 Å². The van der Waals surface area contributed by atoms with Gasteiger partial charge in [-0.05, 0) is 43.2 Å². The van der Waals surface area contributed by atoms with Crippen molar-refractivity contribution in [3.05, 3.63) is 29.7 Å². The summed E-state index contributed by atoms with van der Waals surface area (Å²) in [4.78, 5) is 11.6. The van der Waals surface area contributed by atoms with Gasteiger partial charge in [0.1, 0.15) is 0 Å². The van der Waals surface area contributed by atoms with E-state index in [1.54, 1.807) is 0 Å². The van der Waals surface area contributed by atoms with E-state index in [2.05, 4.69) is 17.2 Å². The molecule has 0 saturated heterocycles. The highest BCUT2D eigenvalue weighted by atomic mass is 32.1. The van der Waals surface area contributed by atoms with Gasteiger partial charge in [-0.15, -0.1) is 11.3 Å². The summed E-state index contributed by atoms with van der Waals surface area (Å²) in [6, 6.07) is 4.02. The lowest BCUT2D eigenvalue weighted by Gasteiger charge is -2.24. The summed E-state index contributed by atoms with van der Waals surface area (Å²) in [6.45, 7) is 3.96. The lowest BCUT2D eigenvalue weighted by Crippen LogP contribution is -2.39. The fourth-order valence-corrected chi connectivity index (χ4v) is 2.47. The topological polar surface area (TPSA) is 41.1 Å². The maximum Gasteiger partial charge on any atom is 0.320 e. The molecular formula is C12H16N2OS. The average Bonchev–Trinajstić information content (AvgIpc) is 2.74. The summed E-state index contributed by atoms with van der Waals surface area (Å²) in [7, 11) is 0. The van der Waals surface area contributed by atoms with E-state index in [1.165, 1.54) is 16.9 Å². The van der Waals surface area contributed by atoms with Crippen molar-refractivity contribution in [2.75, 3.05) is 5.32 Å². The highest BCUT2D eigenvalue weighted by Gasteiger charge is 2.17. The zero-order valence-electron chi connectivity index (χ0n) is 9.16. The van der Waals surface area contributed by atoms with Gasteiger partial charge in [-0.25, -0.2) is 4.79 Å². The largest absolute Gasteiger partial charge is 0.335 e. The number of carbonyl (C=O) groups is 1. The minimum Gasteiger partial charge on any atom is -0.335 e. The lowest BCUT2D eigenvalue weighted by molar-refractivity contribution is 0.246. The number of carbonyl (C=O) groups excluding carboxylic acids is 1. The van der Waals surface area contributed by atoms with Crippen LogP contribution in [0.1, 0.15) is 25.7 Å². The minimum absolute atomic E-state index is 0.0973. The molecule has 3 nitrogen and oxygen atoms in total. The van der Waals surface area contributed by atoms with Gasteiger partial charge in [0.2, 0.25) is 0 Å². The number of allylic oxidation sites excluding steroid dienone is 1. The number of hydrogen-bond acceptors (Lipinski definition) is 2. The van der Waals surface area contributed by atoms with Crippen LogP contribution in [0.2, 0.25) is 0 Å². The van der Waals surface area contributed by atoms with Gasteiger partial charge in [0.25, 0.3) is 0 Å². The Kier molecular flexibility index (Phi) is 3.62. The molecule has 1 aliphatic carbocycles. The molecule has 86 valence electrons. The Bertz CT molecular complexity index is 362. The third-order valence-corrected chi connectivity index (χ3v) is 3.57. The molecule has 1 aromatic heterocycles. The first-order valence-electron chi connectivity index (χ1n) is 5.52. The molecule has 0 radical (unpaired) electrons. The molecule has 0 atom stereocenters. The minimum atomic E-state index is -0.0973. The van der Waals surface area contributed by atoms with E-state index in [9.17, 15) is 4.79 Å². The second kappa shape index (κ2) is 5.16. The van der Waals surface area contributed by atoms with Crippen molar-refractivity contribution >= 4 is 22.4 Å². The van der Waals surface area contributed by atoms with Crippen LogP contribution in [0.3, 0.4) is 0 Å². The van der Waals surface area contributed by atoms with Crippen LogP contribution in [0.5, 0.6) is 0 Å². The van der Waals surface area contributed by atoms with Gasteiger partial charge in [0.15, 0.2) is 0 Å². The van der Waals surface area contributed by atoms with Gasteiger partial charge in [-0.2, -0.15) is 0 Å². The van der Waals surface area contributed by atoms with Crippen molar-refractivity contribution < 1.29 is 4.79 Å². The van der Waals surface area contributed by atoms with Gasteiger partial charge in [-0.1, -0.05) is 12.2 Å². The van der Waals surface area contributed by atoms with E-state index < -0.39 is 0 Å². The maximum atomic E-state index is 11.6. The molecule has 1 aliphatic rings. The third kappa shape index (κ3) is 3.10. The zero-order valence-corrected chi connectivity index (χ0v) is 9.98. The fraction of sp³-hybridized carbons (Fsp3) is 0.417. The molecule has 0 aromatic carbocycles. The number of rotatable bonds is 2. The van der Waals surface area contributed by atoms with Crippen LogP contribution >= 0.6 is 11.3 Å². The molecule has 1 aromatic rings. The Hall–Kier alpha value is -1.29. The first-order valence-corrected chi connectivity index (χ1v) is 6.39. The van der Waals surface area contributed by atoms with E-state index in [-0.39, 0.29) is 6.03 Å². The predicted molar refractivity (Wildman–Crippen MR) is 67.9 cm³/mol. The Morgan fingerprint density at radius 3 is 2.81 bits per heavy atom. The lowest BCUT2D eigenvalue weighted by atomic mass is 9.92. The molecular weight excluding hydrogens is 220 g/mol. The summed E-state index contributed by atoms with van der Waals surface area (Å²) >= 11 is 1.53. The van der Waals surface area contributed by atoms with E-state index in [4.69, 9.17) is 0 Å². The molecule has 0 unspecified atom stereocenters.